The number of nitrogens with zero attached hydrogens (tertiary/aromatic N) is 2. The molecular formula is C40H48N2O6S5Si2. The summed E-state index contributed by atoms with van der Waals surface area (Å²) in [6.07, 6.45) is 3.45. The summed E-state index contributed by atoms with van der Waals surface area (Å²) in [5.74, 6) is 0. The van der Waals surface area contributed by atoms with Crippen LogP contribution in [0.3, 0.4) is 0 Å². The van der Waals surface area contributed by atoms with Gasteiger partial charge in [-0.2, -0.15) is 0 Å². The molecule has 0 unspecified atom stereocenters. The van der Waals surface area contributed by atoms with Crippen LogP contribution in [0.2, 0.25) is 12.1 Å². The predicted octanol–water partition coefficient (Wildman–Crippen LogP) is 11.9. The Bertz CT molecular complexity index is 1970. The van der Waals surface area contributed by atoms with Crippen LogP contribution >= 0.6 is 54.1 Å². The standard InChI is InChI=1S/C40H48N2O6S5Si2/c1-27-21-23-29(15-13-25-54(43-3,44-4)45-5)37(35(27)39-41-31-17-9-11-19-33(31)49-39)51-53-52-38-30(16-14-26-55(46-6,47-7)48-8)24-22-28(2)36(38)40-42-32-18-10-12-20-34(32)50-40/h9-12,17-24H,13-16,25-26H2,1-8H3. The number of fused-ring (bicyclic) bond motifs is 2. The van der Waals surface area contributed by atoms with Gasteiger partial charge >= 0.3 is 17.6 Å². The molecule has 6 aromatic rings. The van der Waals surface area contributed by atoms with Gasteiger partial charge < -0.3 is 26.6 Å². The Balaban J connectivity index is 1.37. The molecule has 4 aromatic carbocycles. The third-order valence-electron chi connectivity index (χ3n) is 9.87. The number of para-hydroxylation sites is 2. The molecule has 15 heteroatoms. The van der Waals surface area contributed by atoms with Gasteiger partial charge in [0.1, 0.15) is 10.0 Å². The monoisotopic (exact) mass is 868 g/mol. The van der Waals surface area contributed by atoms with Crippen LogP contribution in [0, 0.1) is 13.8 Å². The van der Waals surface area contributed by atoms with Crippen LogP contribution in [-0.4, -0.2) is 70.2 Å². The molecule has 0 amide bonds. The van der Waals surface area contributed by atoms with E-state index in [1.54, 1.807) is 75.2 Å². The zero-order valence-corrected chi connectivity index (χ0v) is 38.6. The Labute approximate surface area is 346 Å². The molecule has 0 aliphatic heterocycles. The lowest BCUT2D eigenvalue weighted by Crippen LogP contribution is -2.42. The average molecular weight is 869 g/mol. The van der Waals surface area contributed by atoms with Crippen LogP contribution in [0.5, 0.6) is 0 Å². The highest BCUT2D eigenvalue weighted by Gasteiger charge is 2.38. The van der Waals surface area contributed by atoms with Crippen molar-refractivity contribution in [3.8, 4) is 21.1 Å². The number of rotatable bonds is 20. The van der Waals surface area contributed by atoms with Gasteiger partial charge in [-0.3, -0.25) is 0 Å². The summed E-state index contributed by atoms with van der Waals surface area (Å²) in [5.41, 5.74) is 9.41. The maximum Gasteiger partial charge on any atom is 0.500 e. The van der Waals surface area contributed by atoms with Crippen molar-refractivity contribution < 1.29 is 26.6 Å². The molecular weight excluding hydrogens is 821 g/mol. The van der Waals surface area contributed by atoms with E-state index in [2.05, 4.69) is 86.6 Å². The lowest BCUT2D eigenvalue weighted by molar-refractivity contribution is 0.122. The van der Waals surface area contributed by atoms with Gasteiger partial charge in [0.25, 0.3) is 0 Å². The van der Waals surface area contributed by atoms with Crippen molar-refractivity contribution in [2.45, 2.75) is 61.4 Å². The summed E-state index contributed by atoms with van der Waals surface area (Å²) in [4.78, 5) is 12.8. The number of hydrogen-bond acceptors (Lipinski definition) is 13. The SMILES string of the molecule is CO[Si](CCCc1ccc(C)c(-c2nc3ccccc3s2)c1SSSc1c(CCC[Si](OC)(OC)OC)ccc(C)c1-c1nc2ccccc2s1)(OC)OC. The normalized spacial score (nSPS) is 12.4. The zero-order valence-electron chi connectivity index (χ0n) is 32.6. The molecule has 0 aliphatic rings. The van der Waals surface area contributed by atoms with E-state index in [0.717, 1.165) is 58.8 Å². The van der Waals surface area contributed by atoms with E-state index in [0.29, 0.717) is 0 Å². The number of aromatic nitrogens is 2. The number of aryl methyl sites for hydroxylation is 4. The molecule has 6 rings (SSSR count). The van der Waals surface area contributed by atoms with Gasteiger partial charge in [0, 0.05) is 75.7 Å². The van der Waals surface area contributed by atoms with E-state index in [9.17, 15) is 0 Å². The summed E-state index contributed by atoms with van der Waals surface area (Å²) in [6, 6.07) is 27.2. The molecule has 292 valence electrons. The van der Waals surface area contributed by atoms with Crippen molar-refractivity contribution in [2.75, 3.05) is 42.7 Å². The molecule has 0 fully saturated rings. The first-order chi connectivity index (χ1) is 26.7. The molecule has 0 saturated carbocycles. The summed E-state index contributed by atoms with van der Waals surface area (Å²) in [5, 5.41) is 2.08. The molecule has 55 heavy (non-hydrogen) atoms. The second-order valence-electron chi connectivity index (χ2n) is 13.0. The maximum absolute atomic E-state index is 5.77. The van der Waals surface area contributed by atoms with E-state index in [1.165, 1.54) is 52.6 Å². The number of thiazole rings is 2. The van der Waals surface area contributed by atoms with Crippen LogP contribution in [-0.2, 0) is 39.4 Å². The molecule has 0 aliphatic carbocycles. The van der Waals surface area contributed by atoms with Crippen LogP contribution < -0.4 is 0 Å². The molecule has 0 atom stereocenters. The smallest absolute Gasteiger partial charge is 0.377 e. The Morgan fingerprint density at radius 3 is 1.27 bits per heavy atom. The van der Waals surface area contributed by atoms with Crippen molar-refractivity contribution in [3.05, 3.63) is 95.1 Å². The Morgan fingerprint density at radius 2 is 0.909 bits per heavy atom. The summed E-state index contributed by atoms with van der Waals surface area (Å²) < 4.78 is 37.0. The van der Waals surface area contributed by atoms with Gasteiger partial charge in [-0.1, -0.05) is 48.5 Å². The van der Waals surface area contributed by atoms with Gasteiger partial charge in [-0.25, -0.2) is 9.97 Å². The Morgan fingerprint density at radius 1 is 0.527 bits per heavy atom. The first-order valence-electron chi connectivity index (χ1n) is 18.0. The van der Waals surface area contributed by atoms with Gasteiger partial charge in [0.05, 0.1) is 20.4 Å². The van der Waals surface area contributed by atoms with Crippen LogP contribution in [0.15, 0.2) is 82.6 Å². The topological polar surface area (TPSA) is 81.2 Å². The summed E-state index contributed by atoms with van der Waals surface area (Å²) in [6.45, 7) is 4.39. The molecule has 8 nitrogen and oxygen atoms in total. The number of hydrogen-bond donors (Lipinski definition) is 0. The van der Waals surface area contributed by atoms with Crippen molar-refractivity contribution in [1.29, 1.82) is 0 Å². The number of benzene rings is 4. The molecule has 0 bridgehead atoms. The zero-order chi connectivity index (χ0) is 39.0. The first kappa shape index (κ1) is 42.5. The van der Waals surface area contributed by atoms with Crippen molar-refractivity contribution in [3.63, 3.8) is 0 Å². The van der Waals surface area contributed by atoms with E-state index in [1.807, 2.05) is 21.6 Å². The molecule has 0 radical (unpaired) electrons. The van der Waals surface area contributed by atoms with Gasteiger partial charge in [0.2, 0.25) is 0 Å². The fraction of sp³-hybridized carbons (Fsp3) is 0.350. The lowest BCUT2D eigenvalue weighted by atomic mass is 10.0. The molecule has 2 aromatic heterocycles. The van der Waals surface area contributed by atoms with Gasteiger partial charge in [0.15, 0.2) is 0 Å². The van der Waals surface area contributed by atoms with Crippen LogP contribution in [0.25, 0.3) is 41.6 Å². The third kappa shape index (κ3) is 9.62. The van der Waals surface area contributed by atoms with Crippen molar-refractivity contribution >= 4 is 92.1 Å². The lowest BCUT2D eigenvalue weighted by Gasteiger charge is -2.24. The Kier molecular flexibility index (Phi) is 15.1. The average Bonchev–Trinajstić information content (AvgIpc) is 3.84. The van der Waals surface area contributed by atoms with Gasteiger partial charge in [-0.15, -0.1) is 22.7 Å². The minimum absolute atomic E-state index is 0.727. The molecule has 0 N–H and O–H groups in total. The van der Waals surface area contributed by atoms with E-state index < -0.39 is 17.6 Å². The Hall–Kier alpha value is -2.10. The van der Waals surface area contributed by atoms with Crippen LogP contribution in [0.1, 0.15) is 35.1 Å². The van der Waals surface area contributed by atoms with Crippen molar-refractivity contribution in [1.82, 2.24) is 9.97 Å². The molecule has 0 saturated heterocycles. The van der Waals surface area contributed by atoms with E-state index >= 15 is 0 Å². The third-order valence-corrected chi connectivity index (χ3v) is 21.7. The second-order valence-corrected chi connectivity index (χ2v) is 25.2. The minimum Gasteiger partial charge on any atom is -0.377 e. The fourth-order valence-corrected chi connectivity index (χ4v) is 17.0. The predicted molar refractivity (Wildman–Crippen MR) is 239 cm³/mol. The van der Waals surface area contributed by atoms with Crippen molar-refractivity contribution in [2.24, 2.45) is 0 Å². The highest BCUT2D eigenvalue weighted by molar-refractivity contribution is 9.09. The van der Waals surface area contributed by atoms with Gasteiger partial charge in [-0.05, 0) is 117 Å². The fourth-order valence-electron chi connectivity index (χ4n) is 6.71. The van der Waals surface area contributed by atoms with Crippen LogP contribution in [0.4, 0.5) is 0 Å². The second kappa shape index (κ2) is 19.6. The molecule has 2 heterocycles. The van der Waals surface area contributed by atoms with E-state index in [4.69, 9.17) is 36.5 Å². The first-order valence-corrected chi connectivity index (χ1v) is 27.0. The summed E-state index contributed by atoms with van der Waals surface area (Å²) >= 11 is 3.50. The highest BCUT2D eigenvalue weighted by atomic mass is 33.5. The van der Waals surface area contributed by atoms with E-state index in [-0.39, 0.29) is 0 Å². The quantitative estimate of drug-likeness (QED) is 0.0543. The highest BCUT2D eigenvalue weighted by Crippen LogP contribution is 2.53. The maximum atomic E-state index is 5.77. The largest absolute Gasteiger partial charge is 0.500 e. The minimum atomic E-state index is -2.71. The molecule has 0 spiro atoms. The summed E-state index contributed by atoms with van der Waals surface area (Å²) in [7, 11) is 10.1.